The van der Waals surface area contributed by atoms with Crippen LogP contribution in [0.2, 0.25) is 0 Å². The molecule has 0 fully saturated rings. The van der Waals surface area contributed by atoms with Gasteiger partial charge < -0.3 is 14.3 Å². The van der Waals surface area contributed by atoms with Crippen LogP contribution in [0.4, 0.5) is 0 Å². The summed E-state index contributed by atoms with van der Waals surface area (Å²) in [5.41, 5.74) is 1.90. The average Bonchev–Trinajstić information content (AvgIpc) is 3.17. The van der Waals surface area contributed by atoms with Crippen LogP contribution in [-0.2, 0) is 6.42 Å². The predicted molar refractivity (Wildman–Crippen MR) is 81.4 cm³/mol. The van der Waals surface area contributed by atoms with Crippen LogP contribution < -0.4 is 5.32 Å². The van der Waals surface area contributed by atoms with Crippen molar-refractivity contribution < 1.29 is 13.7 Å². The minimum Gasteiger partial charge on any atom is -0.469 e. The Bertz CT molecular complexity index is 746. The van der Waals surface area contributed by atoms with Crippen LogP contribution in [0, 0.1) is 6.92 Å². The number of furan rings is 1. The molecule has 22 heavy (non-hydrogen) atoms. The number of carbonyl (C=O) groups is 1. The molecule has 5 heteroatoms. The summed E-state index contributed by atoms with van der Waals surface area (Å²) in [5, 5.41) is 6.89. The van der Waals surface area contributed by atoms with E-state index in [2.05, 4.69) is 10.5 Å². The van der Waals surface area contributed by atoms with E-state index >= 15 is 0 Å². The Hall–Kier alpha value is -2.82. The van der Waals surface area contributed by atoms with E-state index in [4.69, 9.17) is 8.94 Å². The number of rotatable bonds is 5. The number of amides is 1. The van der Waals surface area contributed by atoms with Crippen LogP contribution in [0.1, 0.15) is 21.9 Å². The van der Waals surface area contributed by atoms with Crippen molar-refractivity contribution in [2.75, 3.05) is 6.54 Å². The van der Waals surface area contributed by atoms with Gasteiger partial charge >= 0.3 is 0 Å². The molecule has 1 aromatic carbocycles. The SMILES string of the molecule is Cc1onc(-c2ccccc2)c1C(=O)NCCc1ccco1. The van der Waals surface area contributed by atoms with Gasteiger partial charge in [0.25, 0.3) is 5.91 Å². The quantitative estimate of drug-likeness (QED) is 0.785. The average molecular weight is 296 g/mol. The van der Waals surface area contributed by atoms with Crippen molar-refractivity contribution in [1.82, 2.24) is 10.5 Å². The number of hydrogen-bond donors (Lipinski definition) is 1. The minimum atomic E-state index is -0.191. The summed E-state index contributed by atoms with van der Waals surface area (Å²) >= 11 is 0. The summed E-state index contributed by atoms with van der Waals surface area (Å²) < 4.78 is 10.4. The van der Waals surface area contributed by atoms with Crippen LogP contribution in [0.15, 0.2) is 57.7 Å². The molecular formula is C17H16N2O3. The maximum absolute atomic E-state index is 12.4. The molecule has 1 amide bonds. The van der Waals surface area contributed by atoms with Crippen molar-refractivity contribution in [3.8, 4) is 11.3 Å². The Balaban J connectivity index is 1.73. The Kier molecular flexibility index (Phi) is 4.05. The van der Waals surface area contributed by atoms with Gasteiger partial charge in [0.2, 0.25) is 0 Å². The van der Waals surface area contributed by atoms with Crippen molar-refractivity contribution in [3.63, 3.8) is 0 Å². The fourth-order valence-electron chi connectivity index (χ4n) is 2.28. The molecular weight excluding hydrogens is 280 g/mol. The molecule has 0 unspecified atom stereocenters. The van der Waals surface area contributed by atoms with Crippen LogP contribution in [0.25, 0.3) is 11.3 Å². The second kappa shape index (κ2) is 6.30. The molecule has 0 aliphatic rings. The number of carbonyl (C=O) groups excluding carboxylic acids is 1. The first kappa shape index (κ1) is 14.1. The molecule has 2 heterocycles. The Morgan fingerprint density at radius 3 is 2.73 bits per heavy atom. The van der Waals surface area contributed by atoms with Crippen LogP contribution in [-0.4, -0.2) is 17.6 Å². The maximum atomic E-state index is 12.4. The number of nitrogens with one attached hydrogen (secondary N) is 1. The van der Waals surface area contributed by atoms with Gasteiger partial charge in [-0.1, -0.05) is 35.5 Å². The summed E-state index contributed by atoms with van der Waals surface area (Å²) in [6.07, 6.45) is 2.26. The maximum Gasteiger partial charge on any atom is 0.257 e. The zero-order valence-electron chi connectivity index (χ0n) is 12.2. The first-order valence-corrected chi connectivity index (χ1v) is 7.08. The number of aromatic nitrogens is 1. The summed E-state index contributed by atoms with van der Waals surface area (Å²) in [7, 11) is 0. The second-order valence-electron chi connectivity index (χ2n) is 4.91. The first-order valence-electron chi connectivity index (χ1n) is 7.08. The molecule has 0 aliphatic carbocycles. The third kappa shape index (κ3) is 2.93. The highest BCUT2D eigenvalue weighted by atomic mass is 16.5. The van der Waals surface area contributed by atoms with E-state index in [-0.39, 0.29) is 5.91 Å². The molecule has 0 saturated heterocycles. The Labute approximate surface area is 127 Å². The third-order valence-electron chi connectivity index (χ3n) is 3.37. The number of nitrogens with zero attached hydrogens (tertiary/aromatic N) is 1. The molecule has 0 spiro atoms. The topological polar surface area (TPSA) is 68.3 Å². The second-order valence-corrected chi connectivity index (χ2v) is 4.91. The summed E-state index contributed by atoms with van der Waals surface area (Å²) in [4.78, 5) is 12.4. The van der Waals surface area contributed by atoms with Crippen molar-refractivity contribution in [2.24, 2.45) is 0 Å². The Morgan fingerprint density at radius 1 is 1.18 bits per heavy atom. The summed E-state index contributed by atoms with van der Waals surface area (Å²) in [5.74, 6) is 1.16. The Morgan fingerprint density at radius 2 is 2.00 bits per heavy atom. The first-order chi connectivity index (χ1) is 10.8. The zero-order valence-corrected chi connectivity index (χ0v) is 12.2. The largest absolute Gasteiger partial charge is 0.469 e. The van der Waals surface area contributed by atoms with Crippen molar-refractivity contribution >= 4 is 5.91 Å². The van der Waals surface area contributed by atoms with Gasteiger partial charge in [-0.3, -0.25) is 4.79 Å². The minimum absolute atomic E-state index is 0.191. The van der Waals surface area contributed by atoms with Crippen LogP contribution >= 0.6 is 0 Å². The third-order valence-corrected chi connectivity index (χ3v) is 3.37. The lowest BCUT2D eigenvalue weighted by molar-refractivity contribution is 0.0952. The lowest BCUT2D eigenvalue weighted by Crippen LogP contribution is -2.26. The van der Waals surface area contributed by atoms with Gasteiger partial charge in [0.15, 0.2) is 0 Å². The molecule has 0 radical (unpaired) electrons. The van der Waals surface area contributed by atoms with Crippen molar-refractivity contribution in [2.45, 2.75) is 13.3 Å². The molecule has 2 aromatic heterocycles. The molecule has 0 bridgehead atoms. The van der Waals surface area contributed by atoms with Gasteiger partial charge in [0.05, 0.1) is 6.26 Å². The van der Waals surface area contributed by atoms with Gasteiger partial charge in [-0.2, -0.15) is 0 Å². The van der Waals surface area contributed by atoms with Gasteiger partial charge in [-0.15, -0.1) is 0 Å². The number of benzene rings is 1. The molecule has 3 aromatic rings. The van der Waals surface area contributed by atoms with Gasteiger partial charge in [0.1, 0.15) is 22.8 Å². The fourth-order valence-corrected chi connectivity index (χ4v) is 2.28. The van der Waals surface area contributed by atoms with Gasteiger partial charge in [0, 0.05) is 18.5 Å². The number of aryl methyl sites for hydroxylation is 1. The molecule has 0 aliphatic heterocycles. The molecule has 0 saturated carbocycles. The summed E-state index contributed by atoms with van der Waals surface area (Å²) in [6.45, 7) is 2.23. The van der Waals surface area contributed by atoms with Crippen LogP contribution in [0.5, 0.6) is 0 Å². The van der Waals surface area contributed by atoms with E-state index in [0.717, 1.165) is 11.3 Å². The highest BCUT2D eigenvalue weighted by molar-refractivity contribution is 6.00. The van der Waals surface area contributed by atoms with E-state index in [1.807, 2.05) is 42.5 Å². The van der Waals surface area contributed by atoms with Crippen LogP contribution in [0.3, 0.4) is 0 Å². The smallest absolute Gasteiger partial charge is 0.257 e. The molecule has 1 N–H and O–H groups in total. The van der Waals surface area contributed by atoms with Crippen molar-refractivity contribution in [1.29, 1.82) is 0 Å². The summed E-state index contributed by atoms with van der Waals surface area (Å²) in [6, 6.07) is 13.2. The van der Waals surface area contributed by atoms with E-state index in [1.165, 1.54) is 0 Å². The van der Waals surface area contributed by atoms with Gasteiger partial charge in [-0.25, -0.2) is 0 Å². The lowest BCUT2D eigenvalue weighted by Gasteiger charge is -2.05. The monoisotopic (exact) mass is 296 g/mol. The lowest BCUT2D eigenvalue weighted by atomic mass is 10.1. The fraction of sp³-hybridized carbons (Fsp3) is 0.176. The van der Waals surface area contributed by atoms with Gasteiger partial charge in [-0.05, 0) is 19.1 Å². The highest BCUT2D eigenvalue weighted by Crippen LogP contribution is 2.24. The molecule has 112 valence electrons. The standard InChI is InChI=1S/C17H16N2O3/c1-12-15(16(19-22-12)13-6-3-2-4-7-13)17(20)18-10-9-14-8-5-11-21-14/h2-8,11H,9-10H2,1H3,(H,18,20). The molecule has 0 atom stereocenters. The van der Waals surface area contributed by atoms with E-state index < -0.39 is 0 Å². The predicted octanol–water partition coefficient (Wildman–Crippen LogP) is 3.22. The number of hydrogen-bond acceptors (Lipinski definition) is 4. The zero-order chi connectivity index (χ0) is 15.4. The van der Waals surface area contributed by atoms with Crippen molar-refractivity contribution in [3.05, 3.63) is 65.8 Å². The normalized spacial score (nSPS) is 10.6. The van der Waals surface area contributed by atoms with E-state index in [1.54, 1.807) is 13.2 Å². The van der Waals surface area contributed by atoms with E-state index in [9.17, 15) is 4.79 Å². The van der Waals surface area contributed by atoms with E-state index in [0.29, 0.717) is 30.0 Å². The molecule has 3 rings (SSSR count). The highest BCUT2D eigenvalue weighted by Gasteiger charge is 2.21. The molecule has 5 nitrogen and oxygen atoms in total.